The third kappa shape index (κ3) is 5.93. The molecule has 24 heavy (non-hydrogen) atoms. The van der Waals surface area contributed by atoms with Crippen molar-refractivity contribution in [3.63, 3.8) is 0 Å². The van der Waals surface area contributed by atoms with Crippen LogP contribution in [0.5, 0.6) is 5.75 Å². The van der Waals surface area contributed by atoms with Crippen molar-refractivity contribution in [3.8, 4) is 5.75 Å². The highest BCUT2D eigenvalue weighted by Gasteiger charge is 2.04. The van der Waals surface area contributed by atoms with Crippen molar-refractivity contribution in [2.24, 2.45) is 5.73 Å². The van der Waals surface area contributed by atoms with Gasteiger partial charge in [0.05, 0.1) is 0 Å². The average Bonchev–Trinajstić information content (AvgIpc) is 2.59. The molecule has 0 saturated carbocycles. The molecule has 0 bridgehead atoms. The fourth-order valence-corrected chi connectivity index (χ4v) is 2.21. The number of carbonyl (C=O) groups excluding carboxylic acids is 2. The Morgan fingerprint density at radius 2 is 1.71 bits per heavy atom. The summed E-state index contributed by atoms with van der Waals surface area (Å²) in [5, 5.41) is 3.52. The summed E-state index contributed by atoms with van der Waals surface area (Å²) in [6, 6.07) is 14.0. The van der Waals surface area contributed by atoms with Crippen LogP contribution in [0.1, 0.15) is 22.3 Å². The lowest BCUT2D eigenvalue weighted by Gasteiger charge is -2.08. The number of halogens is 1. The number of hydrogen-bond donors (Lipinski definition) is 2. The molecule has 0 radical (unpaired) electrons. The number of amides is 2. The van der Waals surface area contributed by atoms with Gasteiger partial charge in [-0.05, 0) is 54.8 Å². The van der Waals surface area contributed by atoms with Gasteiger partial charge < -0.3 is 15.8 Å². The Bertz CT molecular complexity index is 684. The van der Waals surface area contributed by atoms with Crippen molar-refractivity contribution in [1.82, 2.24) is 5.32 Å². The number of nitrogens with two attached hydrogens (primary N) is 1. The zero-order chi connectivity index (χ0) is 17.4. The molecule has 0 spiro atoms. The molecular weight excluding hydrogens is 328 g/mol. The molecule has 0 unspecified atom stereocenters. The summed E-state index contributed by atoms with van der Waals surface area (Å²) in [6.07, 6.45) is 1.70. The van der Waals surface area contributed by atoms with Gasteiger partial charge in [0.2, 0.25) is 5.91 Å². The highest BCUT2D eigenvalue weighted by Crippen LogP contribution is 2.12. The van der Waals surface area contributed by atoms with Crippen LogP contribution in [0.3, 0.4) is 0 Å². The molecule has 0 aliphatic heterocycles. The van der Waals surface area contributed by atoms with E-state index in [0.717, 1.165) is 12.8 Å². The molecule has 2 aromatic rings. The molecule has 3 N–H and O–H groups in total. The topological polar surface area (TPSA) is 81.4 Å². The lowest BCUT2D eigenvalue weighted by Crippen LogP contribution is -2.29. The van der Waals surface area contributed by atoms with E-state index in [4.69, 9.17) is 22.1 Å². The zero-order valence-electron chi connectivity index (χ0n) is 13.1. The van der Waals surface area contributed by atoms with Gasteiger partial charge in [0, 0.05) is 17.1 Å². The van der Waals surface area contributed by atoms with Crippen molar-refractivity contribution in [2.45, 2.75) is 12.8 Å². The third-order valence-electron chi connectivity index (χ3n) is 3.39. The van der Waals surface area contributed by atoms with Gasteiger partial charge in [0.15, 0.2) is 6.61 Å². The maximum absolute atomic E-state index is 11.7. The van der Waals surface area contributed by atoms with Gasteiger partial charge in [0.1, 0.15) is 5.75 Å². The standard InChI is InChI=1S/C18H19ClN2O3/c19-15-7-3-13(4-8-15)2-1-11-21-17(22)12-24-16-9-5-14(6-10-16)18(20)23/h3-10H,1-2,11-12H2,(H2,20,23)(H,21,22). The predicted octanol–water partition coefficient (Wildman–Crippen LogP) is 2.57. The first kappa shape index (κ1) is 17.8. The summed E-state index contributed by atoms with van der Waals surface area (Å²) in [6.45, 7) is 0.502. The molecule has 0 aromatic heterocycles. The lowest BCUT2D eigenvalue weighted by molar-refractivity contribution is -0.123. The van der Waals surface area contributed by atoms with Gasteiger partial charge in [-0.3, -0.25) is 9.59 Å². The van der Waals surface area contributed by atoms with E-state index in [2.05, 4.69) is 5.32 Å². The van der Waals surface area contributed by atoms with Crippen molar-refractivity contribution >= 4 is 23.4 Å². The molecule has 6 heteroatoms. The summed E-state index contributed by atoms with van der Waals surface area (Å²) in [5.41, 5.74) is 6.73. The minimum Gasteiger partial charge on any atom is -0.484 e. The Morgan fingerprint density at radius 3 is 2.33 bits per heavy atom. The van der Waals surface area contributed by atoms with Crippen LogP contribution in [0.25, 0.3) is 0 Å². The van der Waals surface area contributed by atoms with E-state index in [1.807, 2.05) is 24.3 Å². The average molecular weight is 347 g/mol. The summed E-state index contributed by atoms with van der Waals surface area (Å²) in [4.78, 5) is 22.7. The maximum atomic E-state index is 11.7. The molecule has 0 heterocycles. The molecule has 5 nitrogen and oxygen atoms in total. The highest BCUT2D eigenvalue weighted by atomic mass is 35.5. The highest BCUT2D eigenvalue weighted by molar-refractivity contribution is 6.30. The van der Waals surface area contributed by atoms with Crippen LogP contribution >= 0.6 is 11.6 Å². The SMILES string of the molecule is NC(=O)c1ccc(OCC(=O)NCCCc2ccc(Cl)cc2)cc1. The number of benzene rings is 2. The van der Waals surface area contributed by atoms with E-state index in [1.165, 1.54) is 5.56 Å². The van der Waals surface area contributed by atoms with Crippen LogP contribution in [0.4, 0.5) is 0 Å². The number of hydrogen-bond acceptors (Lipinski definition) is 3. The van der Waals surface area contributed by atoms with E-state index in [-0.39, 0.29) is 12.5 Å². The van der Waals surface area contributed by atoms with E-state index in [0.29, 0.717) is 22.9 Å². The Labute approximate surface area is 145 Å². The summed E-state index contributed by atoms with van der Waals surface area (Å²) in [7, 11) is 0. The fraction of sp³-hybridized carbons (Fsp3) is 0.222. The normalized spacial score (nSPS) is 10.2. The first-order valence-electron chi connectivity index (χ1n) is 7.58. The molecule has 2 amide bonds. The lowest BCUT2D eigenvalue weighted by atomic mass is 10.1. The molecule has 2 rings (SSSR count). The molecular formula is C18H19ClN2O3. The Balaban J connectivity index is 1.64. The van der Waals surface area contributed by atoms with Gasteiger partial charge in [-0.25, -0.2) is 0 Å². The van der Waals surface area contributed by atoms with Crippen molar-refractivity contribution in [1.29, 1.82) is 0 Å². The molecule has 0 aliphatic rings. The molecule has 2 aromatic carbocycles. The van der Waals surface area contributed by atoms with Gasteiger partial charge in [-0.2, -0.15) is 0 Å². The fourth-order valence-electron chi connectivity index (χ4n) is 2.09. The van der Waals surface area contributed by atoms with Crippen LogP contribution in [0, 0.1) is 0 Å². The monoisotopic (exact) mass is 346 g/mol. The van der Waals surface area contributed by atoms with Crippen LogP contribution < -0.4 is 15.8 Å². The maximum Gasteiger partial charge on any atom is 0.257 e. The number of nitrogens with one attached hydrogen (secondary N) is 1. The van der Waals surface area contributed by atoms with E-state index in [1.54, 1.807) is 24.3 Å². The summed E-state index contributed by atoms with van der Waals surface area (Å²) in [5.74, 6) is -0.179. The van der Waals surface area contributed by atoms with Crippen LogP contribution in [0.15, 0.2) is 48.5 Å². The number of primary amides is 1. The minimum atomic E-state index is -0.500. The molecule has 0 atom stereocenters. The molecule has 0 saturated heterocycles. The Morgan fingerprint density at radius 1 is 1.04 bits per heavy atom. The number of carbonyl (C=O) groups is 2. The minimum absolute atomic E-state index is 0.0726. The van der Waals surface area contributed by atoms with Gasteiger partial charge in [0.25, 0.3) is 5.91 Å². The largest absolute Gasteiger partial charge is 0.484 e. The summed E-state index contributed by atoms with van der Waals surface area (Å²) < 4.78 is 5.35. The molecule has 126 valence electrons. The van der Waals surface area contributed by atoms with Crippen LogP contribution in [0.2, 0.25) is 5.02 Å². The predicted molar refractivity (Wildman–Crippen MR) is 93.2 cm³/mol. The van der Waals surface area contributed by atoms with E-state index < -0.39 is 5.91 Å². The van der Waals surface area contributed by atoms with Crippen LogP contribution in [-0.4, -0.2) is 25.0 Å². The molecule has 0 fully saturated rings. The number of ether oxygens (including phenoxy) is 1. The number of rotatable bonds is 8. The second-order valence-electron chi connectivity index (χ2n) is 5.26. The van der Waals surface area contributed by atoms with Crippen molar-refractivity contribution in [2.75, 3.05) is 13.2 Å². The van der Waals surface area contributed by atoms with Crippen molar-refractivity contribution < 1.29 is 14.3 Å². The number of aryl methyl sites for hydroxylation is 1. The van der Waals surface area contributed by atoms with E-state index >= 15 is 0 Å². The second kappa shape index (κ2) is 8.93. The van der Waals surface area contributed by atoms with Crippen molar-refractivity contribution in [3.05, 3.63) is 64.7 Å². The van der Waals surface area contributed by atoms with Crippen LogP contribution in [-0.2, 0) is 11.2 Å². The van der Waals surface area contributed by atoms with Gasteiger partial charge in [-0.1, -0.05) is 23.7 Å². The first-order valence-corrected chi connectivity index (χ1v) is 7.96. The Kier molecular flexibility index (Phi) is 6.63. The smallest absolute Gasteiger partial charge is 0.257 e. The molecule has 0 aliphatic carbocycles. The quantitative estimate of drug-likeness (QED) is 0.721. The van der Waals surface area contributed by atoms with Gasteiger partial charge >= 0.3 is 0 Å². The first-order chi connectivity index (χ1) is 11.5. The zero-order valence-corrected chi connectivity index (χ0v) is 13.9. The van der Waals surface area contributed by atoms with E-state index in [9.17, 15) is 9.59 Å². The summed E-state index contributed by atoms with van der Waals surface area (Å²) >= 11 is 5.83. The Hall–Kier alpha value is -2.53. The van der Waals surface area contributed by atoms with Gasteiger partial charge in [-0.15, -0.1) is 0 Å². The third-order valence-corrected chi connectivity index (χ3v) is 3.64. The second-order valence-corrected chi connectivity index (χ2v) is 5.69.